The van der Waals surface area contributed by atoms with Crippen LogP contribution in [0.1, 0.15) is 12.0 Å². The molecule has 0 aromatic carbocycles. The quantitative estimate of drug-likeness (QED) is 0.464. The summed E-state index contributed by atoms with van der Waals surface area (Å²) in [7, 11) is 1.68. The van der Waals surface area contributed by atoms with E-state index in [-0.39, 0.29) is 19.2 Å². The fourth-order valence-corrected chi connectivity index (χ4v) is 1.73. The third-order valence-corrected chi connectivity index (χ3v) is 2.86. The highest BCUT2D eigenvalue weighted by atomic mass is 16.5. The number of pyridine rings is 1. The van der Waals surface area contributed by atoms with Crippen molar-refractivity contribution in [1.82, 2.24) is 9.88 Å². The fraction of sp³-hybridized carbons (Fsp3) is 0.583. The number of hydrogen-bond acceptors (Lipinski definition) is 6. The standard InChI is InChI=1S/C12H20N2O4/c1-14(9-16)11(6-12(17,18)8-15)5-10-3-2-4-13-7-10/h2-4,7,11,15-18H,5-6,8-9H2,1H3. The van der Waals surface area contributed by atoms with Crippen molar-refractivity contribution >= 4 is 0 Å². The Hall–Kier alpha value is -1.05. The lowest BCUT2D eigenvalue weighted by Crippen LogP contribution is -2.44. The Labute approximate surface area is 106 Å². The number of rotatable bonds is 7. The van der Waals surface area contributed by atoms with Gasteiger partial charge in [0.25, 0.3) is 0 Å². The van der Waals surface area contributed by atoms with Gasteiger partial charge in [0.1, 0.15) is 0 Å². The van der Waals surface area contributed by atoms with Gasteiger partial charge in [-0.15, -0.1) is 0 Å². The van der Waals surface area contributed by atoms with E-state index in [2.05, 4.69) is 4.98 Å². The number of aliphatic hydroxyl groups is 4. The van der Waals surface area contributed by atoms with Gasteiger partial charge in [-0.2, -0.15) is 0 Å². The maximum atomic E-state index is 9.50. The van der Waals surface area contributed by atoms with E-state index in [0.717, 1.165) is 5.56 Å². The van der Waals surface area contributed by atoms with E-state index in [9.17, 15) is 10.2 Å². The minimum absolute atomic E-state index is 0.0601. The molecule has 1 unspecified atom stereocenters. The number of likely N-dealkylation sites (N-methyl/N-ethyl adjacent to an activating group) is 1. The normalized spacial score (nSPS) is 13.9. The maximum absolute atomic E-state index is 9.50. The lowest BCUT2D eigenvalue weighted by molar-refractivity contribution is -0.200. The second kappa shape index (κ2) is 6.77. The van der Waals surface area contributed by atoms with E-state index >= 15 is 0 Å². The third-order valence-electron chi connectivity index (χ3n) is 2.86. The van der Waals surface area contributed by atoms with Gasteiger partial charge < -0.3 is 20.4 Å². The smallest absolute Gasteiger partial charge is 0.187 e. The highest BCUT2D eigenvalue weighted by Gasteiger charge is 2.29. The van der Waals surface area contributed by atoms with Gasteiger partial charge in [-0.05, 0) is 25.1 Å². The number of hydrogen-bond donors (Lipinski definition) is 4. The average molecular weight is 256 g/mol. The molecule has 1 heterocycles. The summed E-state index contributed by atoms with van der Waals surface area (Å²) >= 11 is 0. The molecule has 0 aliphatic rings. The molecule has 1 aromatic heterocycles. The van der Waals surface area contributed by atoms with Crippen molar-refractivity contribution in [3.8, 4) is 0 Å². The first-order chi connectivity index (χ1) is 8.48. The van der Waals surface area contributed by atoms with E-state index in [1.165, 1.54) is 0 Å². The van der Waals surface area contributed by atoms with Crippen LogP contribution in [-0.2, 0) is 6.42 Å². The van der Waals surface area contributed by atoms with Crippen LogP contribution in [-0.4, -0.2) is 62.5 Å². The van der Waals surface area contributed by atoms with Gasteiger partial charge in [0, 0.05) is 24.9 Å². The van der Waals surface area contributed by atoms with Gasteiger partial charge in [0.05, 0.1) is 13.3 Å². The Balaban J connectivity index is 2.73. The van der Waals surface area contributed by atoms with Crippen molar-refractivity contribution in [2.24, 2.45) is 0 Å². The lowest BCUT2D eigenvalue weighted by Gasteiger charge is -2.31. The van der Waals surface area contributed by atoms with Gasteiger partial charge in [0.15, 0.2) is 5.79 Å². The molecule has 18 heavy (non-hydrogen) atoms. The second-order valence-corrected chi connectivity index (χ2v) is 4.46. The topological polar surface area (TPSA) is 97.1 Å². The summed E-state index contributed by atoms with van der Waals surface area (Å²) in [4.78, 5) is 5.57. The Morgan fingerprint density at radius 1 is 1.39 bits per heavy atom. The van der Waals surface area contributed by atoms with Crippen molar-refractivity contribution in [2.45, 2.75) is 24.7 Å². The molecule has 0 radical (unpaired) electrons. The minimum atomic E-state index is -2.14. The van der Waals surface area contributed by atoms with Crippen molar-refractivity contribution in [3.05, 3.63) is 30.1 Å². The SMILES string of the molecule is CN(CO)C(Cc1cccnc1)CC(O)(O)CO. The Kier molecular flexibility index (Phi) is 5.64. The zero-order chi connectivity index (χ0) is 13.6. The Morgan fingerprint density at radius 2 is 2.11 bits per heavy atom. The van der Waals surface area contributed by atoms with E-state index in [1.807, 2.05) is 6.07 Å². The van der Waals surface area contributed by atoms with Crippen LogP contribution >= 0.6 is 0 Å². The van der Waals surface area contributed by atoms with Gasteiger partial charge in [-0.25, -0.2) is 0 Å². The molecule has 4 N–H and O–H groups in total. The molecule has 1 rings (SSSR count). The maximum Gasteiger partial charge on any atom is 0.187 e. The molecule has 0 saturated heterocycles. The van der Waals surface area contributed by atoms with Gasteiger partial charge in [-0.1, -0.05) is 6.07 Å². The molecule has 6 heteroatoms. The zero-order valence-corrected chi connectivity index (χ0v) is 10.4. The molecular weight excluding hydrogens is 236 g/mol. The van der Waals surface area contributed by atoms with Gasteiger partial charge >= 0.3 is 0 Å². The molecule has 1 atom stereocenters. The fourth-order valence-electron chi connectivity index (χ4n) is 1.73. The average Bonchev–Trinajstić information content (AvgIpc) is 2.38. The molecule has 0 saturated carbocycles. The summed E-state index contributed by atoms with van der Waals surface area (Å²) in [5, 5.41) is 37.0. The van der Waals surface area contributed by atoms with Crippen LogP contribution in [0.15, 0.2) is 24.5 Å². The lowest BCUT2D eigenvalue weighted by atomic mass is 9.99. The number of nitrogens with zero attached hydrogens (tertiary/aromatic N) is 2. The van der Waals surface area contributed by atoms with Crippen LogP contribution in [0, 0.1) is 0 Å². The first-order valence-electron chi connectivity index (χ1n) is 5.74. The largest absolute Gasteiger partial charge is 0.391 e. The first kappa shape index (κ1) is 15.0. The van der Waals surface area contributed by atoms with Crippen molar-refractivity contribution in [1.29, 1.82) is 0 Å². The monoisotopic (exact) mass is 256 g/mol. The zero-order valence-electron chi connectivity index (χ0n) is 10.4. The summed E-state index contributed by atoms with van der Waals surface area (Å²) < 4.78 is 0. The van der Waals surface area contributed by atoms with Gasteiger partial charge in [0.2, 0.25) is 0 Å². The number of aromatic nitrogens is 1. The van der Waals surface area contributed by atoms with E-state index in [0.29, 0.717) is 6.42 Å². The van der Waals surface area contributed by atoms with Gasteiger partial charge in [-0.3, -0.25) is 9.88 Å². The second-order valence-electron chi connectivity index (χ2n) is 4.46. The third kappa shape index (κ3) is 4.67. The molecular formula is C12H20N2O4. The highest BCUT2D eigenvalue weighted by Crippen LogP contribution is 2.16. The predicted molar refractivity (Wildman–Crippen MR) is 65.4 cm³/mol. The molecule has 0 fully saturated rings. The molecule has 1 aromatic rings. The summed E-state index contributed by atoms with van der Waals surface area (Å²) in [6.45, 7) is -0.942. The first-order valence-corrected chi connectivity index (χ1v) is 5.74. The molecule has 0 amide bonds. The molecule has 0 aliphatic heterocycles. The van der Waals surface area contributed by atoms with Crippen molar-refractivity contribution < 1.29 is 20.4 Å². The summed E-state index contributed by atoms with van der Waals surface area (Å²) in [5.41, 5.74) is 0.927. The summed E-state index contributed by atoms with van der Waals surface area (Å²) in [6.07, 6.45) is 3.79. The minimum Gasteiger partial charge on any atom is -0.391 e. The number of aliphatic hydroxyl groups excluding tert-OH is 2. The van der Waals surface area contributed by atoms with Crippen LogP contribution in [0.3, 0.4) is 0 Å². The van der Waals surface area contributed by atoms with E-state index < -0.39 is 12.4 Å². The molecule has 6 nitrogen and oxygen atoms in total. The van der Waals surface area contributed by atoms with Crippen LogP contribution < -0.4 is 0 Å². The van der Waals surface area contributed by atoms with E-state index in [1.54, 1.807) is 30.4 Å². The van der Waals surface area contributed by atoms with Crippen LogP contribution in [0.4, 0.5) is 0 Å². The Bertz CT molecular complexity index is 345. The summed E-state index contributed by atoms with van der Waals surface area (Å²) in [6, 6.07) is 3.37. The highest BCUT2D eigenvalue weighted by molar-refractivity contribution is 5.10. The molecule has 102 valence electrons. The molecule has 0 aliphatic carbocycles. The van der Waals surface area contributed by atoms with Crippen molar-refractivity contribution in [3.63, 3.8) is 0 Å². The van der Waals surface area contributed by atoms with Crippen LogP contribution in [0.5, 0.6) is 0 Å². The van der Waals surface area contributed by atoms with Crippen LogP contribution in [0.2, 0.25) is 0 Å². The Morgan fingerprint density at radius 3 is 2.61 bits per heavy atom. The predicted octanol–water partition coefficient (Wildman–Crippen LogP) is -1.06. The van der Waals surface area contributed by atoms with E-state index in [4.69, 9.17) is 10.2 Å². The summed E-state index contributed by atoms with van der Waals surface area (Å²) in [5.74, 6) is -2.14. The van der Waals surface area contributed by atoms with Crippen molar-refractivity contribution in [2.75, 3.05) is 20.4 Å². The van der Waals surface area contributed by atoms with Crippen LogP contribution in [0.25, 0.3) is 0 Å². The molecule has 0 spiro atoms. The molecule has 0 bridgehead atoms.